The monoisotopic (exact) mass is 485 g/mol. The first-order valence-corrected chi connectivity index (χ1v) is 13.1. The minimum atomic E-state index is -0.117. The first-order valence-electron chi connectivity index (χ1n) is 12.2. The molecule has 7 nitrogen and oxygen atoms in total. The van der Waals surface area contributed by atoms with Gasteiger partial charge in [0.05, 0.1) is 19.3 Å². The molecule has 3 atom stereocenters. The van der Waals surface area contributed by atoms with Crippen molar-refractivity contribution in [3.05, 3.63) is 52.2 Å². The van der Waals surface area contributed by atoms with Crippen molar-refractivity contribution in [1.82, 2.24) is 15.1 Å². The Morgan fingerprint density at radius 1 is 1.12 bits per heavy atom. The van der Waals surface area contributed by atoms with Crippen LogP contribution >= 0.6 is 11.3 Å². The molecular formula is C26H35N3O4S. The molecular weight excluding hydrogens is 450 g/mol. The van der Waals surface area contributed by atoms with Crippen LogP contribution in [0, 0.1) is 0 Å². The molecule has 1 N–H and O–H groups in total. The highest BCUT2D eigenvalue weighted by Crippen LogP contribution is 2.26. The summed E-state index contributed by atoms with van der Waals surface area (Å²) in [6.07, 6.45) is 3.24. The van der Waals surface area contributed by atoms with Crippen LogP contribution in [0.3, 0.4) is 0 Å². The Morgan fingerprint density at radius 2 is 1.82 bits per heavy atom. The number of piperidine rings is 1. The number of rotatable bonds is 8. The van der Waals surface area contributed by atoms with Crippen molar-refractivity contribution in [1.29, 1.82) is 0 Å². The van der Waals surface area contributed by atoms with Gasteiger partial charge in [-0.05, 0) is 68.8 Å². The summed E-state index contributed by atoms with van der Waals surface area (Å²) in [7, 11) is 0. The fourth-order valence-electron chi connectivity index (χ4n) is 4.91. The van der Waals surface area contributed by atoms with Crippen LogP contribution in [0.25, 0.3) is 0 Å². The summed E-state index contributed by atoms with van der Waals surface area (Å²) in [5, 5.41) is 5.16. The maximum absolute atomic E-state index is 12.8. The molecule has 0 radical (unpaired) electrons. The number of benzene rings is 1. The third-order valence-corrected chi connectivity index (χ3v) is 7.75. The normalized spacial score (nSPS) is 22.2. The number of ether oxygens (including phenoxy) is 2. The SMILES string of the molecule is C[C@@H]1CCC[C@H](C)N1C(=O)COc1ccc(C(=O)NC[C@H](c2cccs2)N2CCOCC2)cc1. The van der Waals surface area contributed by atoms with E-state index in [1.165, 1.54) is 4.88 Å². The minimum absolute atomic E-state index is 0.0161. The summed E-state index contributed by atoms with van der Waals surface area (Å²) in [5.41, 5.74) is 0.573. The molecule has 2 aromatic rings. The molecule has 0 saturated carbocycles. The average molecular weight is 486 g/mol. The summed E-state index contributed by atoms with van der Waals surface area (Å²) in [6, 6.07) is 11.8. The van der Waals surface area contributed by atoms with Crippen molar-refractivity contribution in [2.75, 3.05) is 39.5 Å². The van der Waals surface area contributed by atoms with Gasteiger partial charge in [0.1, 0.15) is 5.75 Å². The van der Waals surface area contributed by atoms with Gasteiger partial charge in [0, 0.05) is 42.2 Å². The third kappa shape index (κ3) is 6.17. The van der Waals surface area contributed by atoms with Crippen molar-refractivity contribution in [2.24, 2.45) is 0 Å². The zero-order chi connectivity index (χ0) is 23.9. The molecule has 1 aromatic carbocycles. The summed E-state index contributed by atoms with van der Waals surface area (Å²) < 4.78 is 11.2. The van der Waals surface area contributed by atoms with Gasteiger partial charge in [0.25, 0.3) is 11.8 Å². The predicted molar refractivity (Wildman–Crippen MR) is 133 cm³/mol. The van der Waals surface area contributed by atoms with E-state index in [1.54, 1.807) is 35.6 Å². The fourth-order valence-corrected chi connectivity index (χ4v) is 5.77. The number of amides is 2. The van der Waals surface area contributed by atoms with Gasteiger partial charge in [-0.2, -0.15) is 0 Å². The van der Waals surface area contributed by atoms with E-state index in [-0.39, 0.29) is 36.5 Å². The lowest BCUT2D eigenvalue weighted by atomic mass is 9.97. The van der Waals surface area contributed by atoms with Crippen LogP contribution < -0.4 is 10.1 Å². The Bertz CT molecular complexity index is 918. The van der Waals surface area contributed by atoms with Gasteiger partial charge in [-0.15, -0.1) is 11.3 Å². The highest BCUT2D eigenvalue weighted by molar-refractivity contribution is 7.10. The van der Waals surface area contributed by atoms with Crippen LogP contribution in [0.1, 0.15) is 54.4 Å². The number of nitrogens with one attached hydrogen (secondary N) is 1. The first-order chi connectivity index (χ1) is 16.5. The van der Waals surface area contributed by atoms with E-state index in [9.17, 15) is 9.59 Å². The van der Waals surface area contributed by atoms with E-state index in [0.29, 0.717) is 17.9 Å². The Hall–Kier alpha value is -2.42. The van der Waals surface area contributed by atoms with E-state index >= 15 is 0 Å². The van der Waals surface area contributed by atoms with Crippen LogP contribution in [0.5, 0.6) is 5.75 Å². The molecule has 0 spiro atoms. The number of thiophene rings is 1. The van der Waals surface area contributed by atoms with Crippen molar-refractivity contribution in [2.45, 2.75) is 51.2 Å². The highest BCUT2D eigenvalue weighted by Gasteiger charge is 2.29. The number of likely N-dealkylation sites (tertiary alicyclic amines) is 1. The van der Waals surface area contributed by atoms with Gasteiger partial charge < -0.3 is 19.7 Å². The van der Waals surface area contributed by atoms with Crippen molar-refractivity contribution in [3.8, 4) is 5.75 Å². The van der Waals surface area contributed by atoms with Gasteiger partial charge in [-0.1, -0.05) is 6.07 Å². The molecule has 0 aliphatic carbocycles. The number of carbonyl (C=O) groups is 2. The topological polar surface area (TPSA) is 71.1 Å². The minimum Gasteiger partial charge on any atom is -0.484 e. The Kier molecular flexibility index (Phi) is 8.59. The molecule has 0 bridgehead atoms. The molecule has 8 heteroatoms. The second-order valence-corrected chi connectivity index (χ2v) is 10.1. The smallest absolute Gasteiger partial charge is 0.260 e. The van der Waals surface area contributed by atoms with Crippen molar-refractivity contribution in [3.63, 3.8) is 0 Å². The Balaban J connectivity index is 1.29. The molecule has 2 aliphatic rings. The molecule has 2 saturated heterocycles. The lowest BCUT2D eigenvalue weighted by Gasteiger charge is -2.38. The summed E-state index contributed by atoms with van der Waals surface area (Å²) in [5.74, 6) is 0.490. The third-order valence-electron chi connectivity index (χ3n) is 6.77. The first kappa shape index (κ1) is 24.7. The van der Waals surface area contributed by atoms with Crippen LogP contribution in [0.4, 0.5) is 0 Å². The fraction of sp³-hybridized carbons (Fsp3) is 0.538. The van der Waals surface area contributed by atoms with Crippen LogP contribution in [0.15, 0.2) is 41.8 Å². The second kappa shape index (κ2) is 11.8. The van der Waals surface area contributed by atoms with Crippen LogP contribution in [-0.2, 0) is 9.53 Å². The Morgan fingerprint density at radius 3 is 2.47 bits per heavy atom. The zero-order valence-corrected chi connectivity index (χ0v) is 20.9. The lowest BCUT2D eigenvalue weighted by molar-refractivity contribution is -0.139. The highest BCUT2D eigenvalue weighted by atomic mass is 32.1. The quantitative estimate of drug-likeness (QED) is 0.617. The molecule has 2 aliphatic heterocycles. The van der Waals surface area contributed by atoms with Gasteiger partial charge in [-0.25, -0.2) is 0 Å². The van der Waals surface area contributed by atoms with Crippen LogP contribution in [0.2, 0.25) is 0 Å². The second-order valence-electron chi connectivity index (χ2n) is 9.13. The molecule has 4 rings (SSSR count). The number of hydrogen-bond donors (Lipinski definition) is 1. The predicted octanol–water partition coefficient (Wildman–Crippen LogP) is 3.72. The molecule has 3 heterocycles. The van der Waals surface area contributed by atoms with E-state index in [4.69, 9.17) is 9.47 Å². The van der Waals surface area contributed by atoms with Gasteiger partial charge in [0.2, 0.25) is 0 Å². The van der Waals surface area contributed by atoms with E-state index in [0.717, 1.165) is 45.6 Å². The van der Waals surface area contributed by atoms with E-state index in [2.05, 4.69) is 35.5 Å². The van der Waals surface area contributed by atoms with Gasteiger partial charge in [0.15, 0.2) is 6.61 Å². The number of morpholine rings is 1. The number of nitrogens with zero attached hydrogens (tertiary/aromatic N) is 2. The number of hydrogen-bond acceptors (Lipinski definition) is 6. The van der Waals surface area contributed by atoms with Crippen molar-refractivity contribution < 1.29 is 19.1 Å². The average Bonchev–Trinajstić information content (AvgIpc) is 3.38. The maximum Gasteiger partial charge on any atom is 0.260 e. The molecule has 2 fully saturated rings. The van der Waals surface area contributed by atoms with Crippen LogP contribution in [-0.4, -0.2) is 73.2 Å². The van der Waals surface area contributed by atoms with E-state index in [1.807, 2.05) is 11.0 Å². The van der Waals surface area contributed by atoms with Gasteiger partial charge >= 0.3 is 0 Å². The molecule has 1 aromatic heterocycles. The summed E-state index contributed by atoms with van der Waals surface area (Å²) >= 11 is 1.71. The maximum atomic E-state index is 12.8. The standard InChI is InChI=1S/C26H35N3O4S/c1-19-5-3-6-20(2)29(19)25(30)18-33-22-10-8-21(9-11-22)26(31)27-17-23(24-7-4-16-34-24)28-12-14-32-15-13-28/h4,7-11,16,19-20,23H,3,5-6,12-15,17-18H2,1-2H3,(H,27,31)/t19-,20+,23-/m1/s1. The largest absolute Gasteiger partial charge is 0.484 e. The molecule has 0 unspecified atom stereocenters. The van der Waals surface area contributed by atoms with Crippen molar-refractivity contribution >= 4 is 23.2 Å². The summed E-state index contributed by atoms with van der Waals surface area (Å²) in [6.45, 7) is 7.91. The summed E-state index contributed by atoms with van der Waals surface area (Å²) in [4.78, 5) is 31.0. The molecule has 184 valence electrons. The van der Waals surface area contributed by atoms with Gasteiger partial charge in [-0.3, -0.25) is 14.5 Å². The Labute approximate surface area is 206 Å². The lowest BCUT2D eigenvalue weighted by Crippen LogP contribution is -2.49. The number of carbonyl (C=O) groups excluding carboxylic acids is 2. The molecule has 2 amide bonds. The zero-order valence-electron chi connectivity index (χ0n) is 20.1. The molecule has 34 heavy (non-hydrogen) atoms. The van der Waals surface area contributed by atoms with E-state index < -0.39 is 0 Å².